The fourth-order valence-corrected chi connectivity index (χ4v) is 2.53. The molecule has 2 heterocycles. The van der Waals surface area contributed by atoms with Crippen LogP contribution in [0.4, 0.5) is 5.95 Å². The molecule has 15 heteroatoms. The van der Waals surface area contributed by atoms with Crippen LogP contribution in [0.5, 0.6) is 0 Å². The smallest absolute Gasteiger partial charge is 0.436 e. The van der Waals surface area contributed by atoms with Crippen LogP contribution in [-0.4, -0.2) is 107 Å². The molecule has 1 aliphatic heterocycles. The first-order chi connectivity index (χ1) is 13.7. The molecular formula is C14H21N3O12. The maximum atomic E-state index is 11.0. The maximum absolute atomic E-state index is 11.0. The summed E-state index contributed by atoms with van der Waals surface area (Å²) >= 11 is 0. The second kappa shape index (κ2) is 9.99. The summed E-state index contributed by atoms with van der Waals surface area (Å²) < 4.78 is 16.2. The highest BCUT2D eigenvalue weighted by molar-refractivity contribution is 5.73. The number of nitrogens with zero attached hydrogens (tertiary/aromatic N) is 3. The number of carboxylic acids is 1. The van der Waals surface area contributed by atoms with E-state index < -0.39 is 79.7 Å². The summed E-state index contributed by atoms with van der Waals surface area (Å²) in [6.45, 7) is -1.76. The lowest BCUT2D eigenvalue weighted by Gasteiger charge is -2.38. The van der Waals surface area contributed by atoms with Gasteiger partial charge in [-0.3, -0.25) is 0 Å². The van der Waals surface area contributed by atoms with Crippen molar-refractivity contribution in [1.82, 2.24) is 9.55 Å². The monoisotopic (exact) mass is 423 g/mol. The number of aliphatic carboxylic acids is 1. The minimum absolute atomic E-state index is 0.423. The Labute approximate surface area is 162 Å². The number of ether oxygens (including phenoxy) is 3. The lowest BCUT2D eigenvalue weighted by Crippen LogP contribution is -2.60. The minimum atomic E-state index is -1.90. The van der Waals surface area contributed by atoms with Gasteiger partial charge in [-0.25, -0.2) is 9.36 Å². The Hall–Kier alpha value is -2.24. The molecule has 7 atom stereocenters. The number of carboxylic acid groups (broad SMARTS) is 1. The number of carbonyl (C=O) groups is 1. The van der Waals surface area contributed by atoms with Gasteiger partial charge in [-0.1, -0.05) is 4.98 Å². The van der Waals surface area contributed by atoms with Gasteiger partial charge in [0.2, 0.25) is 0 Å². The largest absolute Gasteiger partial charge is 0.479 e. The Kier molecular flexibility index (Phi) is 7.94. The van der Waals surface area contributed by atoms with Crippen LogP contribution in [0.2, 0.25) is 0 Å². The number of hydrogen-bond acceptors (Lipinski definition) is 12. The third kappa shape index (κ3) is 5.43. The predicted molar refractivity (Wildman–Crippen MR) is 87.1 cm³/mol. The first kappa shape index (κ1) is 23.0. The Morgan fingerprint density at radius 2 is 2.03 bits per heavy atom. The van der Waals surface area contributed by atoms with Crippen molar-refractivity contribution in [2.24, 2.45) is 0 Å². The van der Waals surface area contributed by atoms with Gasteiger partial charge in [0, 0.05) is 0 Å². The van der Waals surface area contributed by atoms with Gasteiger partial charge < -0.3 is 55.0 Å². The molecule has 164 valence electrons. The fraction of sp³-hybridized carbons (Fsp3) is 0.714. The summed E-state index contributed by atoms with van der Waals surface area (Å²) in [7, 11) is 0. The van der Waals surface area contributed by atoms with E-state index >= 15 is 0 Å². The number of nitro groups is 1. The average Bonchev–Trinajstić information content (AvgIpc) is 3.14. The van der Waals surface area contributed by atoms with Crippen molar-refractivity contribution in [2.45, 2.75) is 49.6 Å². The molecule has 6 N–H and O–H groups in total. The van der Waals surface area contributed by atoms with E-state index in [0.29, 0.717) is 0 Å². The zero-order chi connectivity index (χ0) is 21.7. The van der Waals surface area contributed by atoms with E-state index in [1.165, 1.54) is 6.20 Å². The van der Waals surface area contributed by atoms with E-state index in [2.05, 4.69) is 4.98 Å². The summed E-state index contributed by atoms with van der Waals surface area (Å²) in [5.74, 6) is -2.12. The van der Waals surface area contributed by atoms with Gasteiger partial charge in [0.1, 0.15) is 42.9 Å². The molecule has 1 saturated heterocycles. The lowest BCUT2D eigenvalue weighted by molar-refractivity contribution is -0.397. The van der Waals surface area contributed by atoms with Gasteiger partial charge in [-0.05, 0) is 4.92 Å². The van der Waals surface area contributed by atoms with Crippen molar-refractivity contribution < 1.29 is 54.6 Å². The second-order valence-electron chi connectivity index (χ2n) is 6.11. The van der Waals surface area contributed by atoms with Crippen molar-refractivity contribution in [3.8, 4) is 0 Å². The molecule has 1 aliphatic rings. The summed E-state index contributed by atoms with van der Waals surface area (Å²) in [6.07, 6.45) is -9.54. The number of aliphatic hydroxyl groups excluding tert-OH is 5. The molecule has 0 bridgehead atoms. The highest BCUT2D eigenvalue weighted by atomic mass is 16.7. The number of aromatic nitrogens is 2. The van der Waals surface area contributed by atoms with Crippen molar-refractivity contribution in [3.63, 3.8) is 0 Å². The Morgan fingerprint density at radius 3 is 2.62 bits per heavy atom. The SMILES string of the molecule is O=C(O)[C@H]1O[C@@H](OC[C@@H](O)[C@H](CO)OCn2ccnc2[N+](=O)[O-])[C@H](O)[C@@H](O)[C@@H]1O. The maximum Gasteiger partial charge on any atom is 0.436 e. The van der Waals surface area contributed by atoms with Gasteiger partial charge in [0.25, 0.3) is 0 Å². The molecule has 0 radical (unpaired) electrons. The minimum Gasteiger partial charge on any atom is -0.479 e. The Balaban J connectivity index is 1.91. The first-order valence-electron chi connectivity index (χ1n) is 8.27. The van der Waals surface area contributed by atoms with Gasteiger partial charge in [-0.15, -0.1) is 0 Å². The van der Waals surface area contributed by atoms with Crippen LogP contribution in [0.25, 0.3) is 0 Å². The Morgan fingerprint density at radius 1 is 1.34 bits per heavy atom. The number of rotatable bonds is 10. The van der Waals surface area contributed by atoms with Gasteiger partial charge >= 0.3 is 11.9 Å². The quantitative estimate of drug-likeness (QED) is 0.158. The van der Waals surface area contributed by atoms with Crippen molar-refractivity contribution in [2.75, 3.05) is 13.2 Å². The predicted octanol–water partition coefficient (Wildman–Crippen LogP) is -3.60. The molecule has 0 spiro atoms. The fourth-order valence-electron chi connectivity index (χ4n) is 2.53. The van der Waals surface area contributed by atoms with E-state index in [4.69, 9.17) is 19.3 Å². The zero-order valence-corrected chi connectivity index (χ0v) is 14.8. The van der Waals surface area contributed by atoms with E-state index in [1.807, 2.05) is 0 Å². The van der Waals surface area contributed by atoms with Crippen molar-refractivity contribution in [1.29, 1.82) is 0 Å². The first-order valence-corrected chi connectivity index (χ1v) is 8.27. The van der Waals surface area contributed by atoms with Crippen LogP contribution >= 0.6 is 0 Å². The van der Waals surface area contributed by atoms with Gasteiger partial charge in [0.05, 0.1) is 13.2 Å². The summed E-state index contributed by atoms with van der Waals surface area (Å²) in [6, 6.07) is 0. The van der Waals surface area contributed by atoms with Crippen LogP contribution in [-0.2, 0) is 25.7 Å². The zero-order valence-electron chi connectivity index (χ0n) is 14.8. The number of hydrogen-bond donors (Lipinski definition) is 6. The molecule has 0 saturated carbocycles. The standard InChI is InChI=1S/C14H21N3O12/c18-3-7(28-5-16-2-1-15-14(16)17(25)26)6(19)4-27-13-10(22)8(20)9(21)11(29-13)12(23)24/h1-2,6-11,13,18-22H,3-5H2,(H,23,24)/t6-,7+,8+,9+,10-,11+,13-/m1/s1. The van der Waals surface area contributed by atoms with Gasteiger partial charge in [-0.2, -0.15) is 0 Å². The average molecular weight is 423 g/mol. The molecule has 1 aromatic rings. The summed E-state index contributed by atoms with van der Waals surface area (Å²) in [5, 5.41) is 68.3. The van der Waals surface area contributed by atoms with Crippen LogP contribution < -0.4 is 0 Å². The van der Waals surface area contributed by atoms with Crippen molar-refractivity contribution in [3.05, 3.63) is 22.5 Å². The summed E-state index contributed by atoms with van der Waals surface area (Å²) in [4.78, 5) is 24.6. The third-order valence-corrected chi connectivity index (χ3v) is 4.14. The molecule has 0 aliphatic carbocycles. The second-order valence-corrected chi connectivity index (χ2v) is 6.11. The van der Waals surface area contributed by atoms with Crippen molar-refractivity contribution >= 4 is 11.9 Å². The molecule has 1 aromatic heterocycles. The topological polar surface area (TPSA) is 227 Å². The molecule has 0 amide bonds. The molecule has 29 heavy (non-hydrogen) atoms. The molecule has 0 aromatic carbocycles. The molecule has 15 nitrogen and oxygen atoms in total. The highest BCUT2D eigenvalue weighted by Gasteiger charge is 2.47. The van der Waals surface area contributed by atoms with Crippen LogP contribution in [0, 0.1) is 10.1 Å². The normalized spacial score (nSPS) is 29.3. The van der Waals surface area contributed by atoms with Crippen LogP contribution in [0.15, 0.2) is 12.4 Å². The van der Waals surface area contributed by atoms with E-state index in [-0.39, 0.29) is 0 Å². The molecule has 2 rings (SSSR count). The van der Waals surface area contributed by atoms with E-state index in [9.17, 15) is 40.4 Å². The molecule has 0 unspecified atom stereocenters. The third-order valence-electron chi connectivity index (χ3n) is 4.14. The highest BCUT2D eigenvalue weighted by Crippen LogP contribution is 2.23. The number of aliphatic hydroxyl groups is 5. The molecule has 1 fully saturated rings. The summed E-state index contributed by atoms with van der Waals surface area (Å²) in [5.41, 5.74) is 0. The molecular weight excluding hydrogens is 402 g/mol. The van der Waals surface area contributed by atoms with Crippen LogP contribution in [0.3, 0.4) is 0 Å². The van der Waals surface area contributed by atoms with E-state index in [0.717, 1.165) is 10.8 Å². The van der Waals surface area contributed by atoms with Gasteiger partial charge in [0.15, 0.2) is 19.1 Å². The van der Waals surface area contributed by atoms with Crippen LogP contribution in [0.1, 0.15) is 0 Å². The lowest BCUT2D eigenvalue weighted by atomic mass is 9.99. The number of imidazole rings is 1. The van der Waals surface area contributed by atoms with E-state index in [1.54, 1.807) is 0 Å². The Bertz CT molecular complexity index is 699.